The normalized spacial score (nSPS) is 19.2. The van der Waals surface area contributed by atoms with Crippen LogP contribution in [0.2, 0.25) is 0 Å². The van der Waals surface area contributed by atoms with E-state index >= 15 is 0 Å². The summed E-state index contributed by atoms with van der Waals surface area (Å²) in [6.45, 7) is 2.15. The number of rotatable bonds is 7. The zero-order valence-electron chi connectivity index (χ0n) is 12.8. The molecule has 0 saturated carbocycles. The van der Waals surface area contributed by atoms with Crippen molar-refractivity contribution in [3.63, 3.8) is 0 Å². The van der Waals surface area contributed by atoms with Gasteiger partial charge < -0.3 is 4.74 Å². The summed E-state index contributed by atoms with van der Waals surface area (Å²) in [5, 5.41) is -0.363. The first kappa shape index (κ1) is 16.7. The van der Waals surface area contributed by atoms with Crippen LogP contribution in [-0.4, -0.2) is 21.0 Å². The van der Waals surface area contributed by atoms with E-state index in [4.69, 9.17) is 4.74 Å². The monoisotopic (exact) mass is 322 g/mol. The molecule has 0 saturated heterocycles. The van der Waals surface area contributed by atoms with Crippen molar-refractivity contribution in [1.82, 2.24) is 0 Å². The summed E-state index contributed by atoms with van der Waals surface area (Å²) in [6, 6.07) is 7.60. The minimum Gasteiger partial charge on any atom is -0.463 e. The summed E-state index contributed by atoms with van der Waals surface area (Å²) in [5.41, 5.74) is 1.90. The first-order valence-corrected chi connectivity index (χ1v) is 9.39. The summed E-state index contributed by atoms with van der Waals surface area (Å²) in [4.78, 5) is 11.1. The van der Waals surface area contributed by atoms with Crippen LogP contribution in [0.5, 0.6) is 0 Å². The third-order valence-corrected chi connectivity index (χ3v) is 5.89. The van der Waals surface area contributed by atoms with Gasteiger partial charge in [-0.3, -0.25) is 0 Å². The molecule has 2 rings (SSSR count). The maximum absolute atomic E-state index is 12.2. The van der Waals surface area contributed by atoms with E-state index in [0.29, 0.717) is 13.0 Å². The molecule has 0 amide bonds. The number of carbonyl (C=O) groups is 1. The first-order valence-electron chi connectivity index (χ1n) is 7.67. The van der Waals surface area contributed by atoms with Crippen molar-refractivity contribution in [2.24, 2.45) is 0 Å². The number of benzene rings is 1. The number of hydrogen-bond acceptors (Lipinski definition) is 4. The molecule has 0 aliphatic carbocycles. The van der Waals surface area contributed by atoms with Crippen LogP contribution in [0.3, 0.4) is 0 Å². The number of unbranched alkanes of at least 4 members (excludes halogenated alkanes) is 2. The molecule has 0 bridgehead atoms. The molecule has 120 valence electrons. The van der Waals surface area contributed by atoms with Crippen LogP contribution in [0, 0.1) is 0 Å². The fraction of sp³-hybridized carbons (Fsp3) is 0.471. The van der Waals surface area contributed by atoms with Crippen LogP contribution in [0.25, 0.3) is 0 Å². The summed E-state index contributed by atoms with van der Waals surface area (Å²) in [7, 11) is -3.05. The van der Waals surface area contributed by atoms with Crippen LogP contribution in [-0.2, 0) is 25.1 Å². The second-order valence-electron chi connectivity index (χ2n) is 5.43. The Hall–Kier alpha value is -1.62. The van der Waals surface area contributed by atoms with E-state index in [-0.39, 0.29) is 17.0 Å². The highest BCUT2D eigenvalue weighted by Gasteiger charge is 2.35. The van der Waals surface area contributed by atoms with E-state index in [9.17, 15) is 13.2 Å². The zero-order chi connectivity index (χ0) is 16.0. The Labute approximate surface area is 132 Å². The highest BCUT2D eigenvalue weighted by Crippen LogP contribution is 2.39. The predicted molar refractivity (Wildman–Crippen MR) is 86.0 cm³/mol. The largest absolute Gasteiger partial charge is 0.463 e. The Balaban J connectivity index is 1.81. The SMILES string of the molecule is CCOC(=O)/C=C/CCCCC1c2ccccc2CS1(=O)=O. The van der Waals surface area contributed by atoms with E-state index in [0.717, 1.165) is 30.4 Å². The Morgan fingerprint density at radius 1 is 1.32 bits per heavy atom. The number of ether oxygens (including phenoxy) is 1. The molecule has 22 heavy (non-hydrogen) atoms. The van der Waals surface area contributed by atoms with Gasteiger partial charge in [0.15, 0.2) is 9.84 Å². The fourth-order valence-electron chi connectivity index (χ4n) is 2.79. The van der Waals surface area contributed by atoms with Crippen molar-refractivity contribution in [2.45, 2.75) is 43.6 Å². The lowest BCUT2D eigenvalue weighted by Crippen LogP contribution is -2.07. The quantitative estimate of drug-likeness (QED) is 0.439. The molecule has 1 aromatic rings. The van der Waals surface area contributed by atoms with Gasteiger partial charge in [0.2, 0.25) is 0 Å². The van der Waals surface area contributed by atoms with Gasteiger partial charge in [0.25, 0.3) is 0 Å². The summed E-state index contributed by atoms with van der Waals surface area (Å²) >= 11 is 0. The third kappa shape index (κ3) is 4.19. The van der Waals surface area contributed by atoms with Crippen molar-refractivity contribution in [3.05, 3.63) is 47.5 Å². The van der Waals surface area contributed by atoms with Gasteiger partial charge in [0.05, 0.1) is 17.6 Å². The van der Waals surface area contributed by atoms with E-state index in [1.54, 1.807) is 13.0 Å². The van der Waals surface area contributed by atoms with Crippen LogP contribution in [0.4, 0.5) is 0 Å². The Morgan fingerprint density at radius 3 is 2.86 bits per heavy atom. The molecule has 1 aliphatic heterocycles. The topological polar surface area (TPSA) is 60.4 Å². The molecule has 1 aliphatic rings. The fourth-order valence-corrected chi connectivity index (χ4v) is 4.83. The maximum Gasteiger partial charge on any atom is 0.330 e. The first-order chi connectivity index (χ1) is 10.5. The molecule has 1 heterocycles. The molecule has 0 aromatic heterocycles. The second kappa shape index (κ2) is 7.58. The lowest BCUT2D eigenvalue weighted by molar-refractivity contribution is -0.137. The van der Waals surface area contributed by atoms with E-state index < -0.39 is 9.84 Å². The van der Waals surface area contributed by atoms with Crippen LogP contribution >= 0.6 is 0 Å². The van der Waals surface area contributed by atoms with Gasteiger partial charge in [-0.25, -0.2) is 13.2 Å². The molecule has 1 atom stereocenters. The number of fused-ring (bicyclic) bond motifs is 1. The van der Waals surface area contributed by atoms with Gasteiger partial charge in [0, 0.05) is 6.08 Å². The molecular weight excluding hydrogens is 300 g/mol. The third-order valence-electron chi connectivity index (χ3n) is 3.82. The van der Waals surface area contributed by atoms with Gasteiger partial charge in [0.1, 0.15) is 0 Å². The average Bonchev–Trinajstić information content (AvgIpc) is 2.73. The highest BCUT2D eigenvalue weighted by molar-refractivity contribution is 7.91. The highest BCUT2D eigenvalue weighted by atomic mass is 32.2. The molecule has 1 aromatic carbocycles. The van der Waals surface area contributed by atoms with Crippen molar-refractivity contribution >= 4 is 15.8 Å². The molecule has 0 radical (unpaired) electrons. The number of allylic oxidation sites excluding steroid dienone is 1. The summed E-state index contributed by atoms with van der Waals surface area (Å²) in [6.07, 6.45) is 6.31. The summed E-state index contributed by atoms with van der Waals surface area (Å²) in [5.74, 6) is -0.161. The minimum atomic E-state index is -3.05. The molecule has 0 fully saturated rings. The minimum absolute atomic E-state index is 0.163. The van der Waals surface area contributed by atoms with Gasteiger partial charge in [-0.05, 0) is 37.3 Å². The van der Waals surface area contributed by atoms with E-state index in [1.165, 1.54) is 6.08 Å². The molecule has 0 spiro atoms. The van der Waals surface area contributed by atoms with Gasteiger partial charge in [-0.2, -0.15) is 0 Å². The van der Waals surface area contributed by atoms with Gasteiger partial charge >= 0.3 is 5.97 Å². The van der Waals surface area contributed by atoms with Gasteiger partial charge in [-0.15, -0.1) is 0 Å². The second-order valence-corrected chi connectivity index (χ2v) is 7.62. The predicted octanol–water partition coefficient (Wildman–Crippen LogP) is 3.34. The lowest BCUT2D eigenvalue weighted by atomic mass is 10.0. The van der Waals surface area contributed by atoms with E-state index in [2.05, 4.69) is 0 Å². The van der Waals surface area contributed by atoms with E-state index in [1.807, 2.05) is 24.3 Å². The van der Waals surface area contributed by atoms with Crippen molar-refractivity contribution in [3.8, 4) is 0 Å². The number of esters is 1. The standard InChI is InChI=1S/C17H22O4S/c1-2-21-17(18)12-6-4-3-5-11-16-15-10-8-7-9-14(15)13-22(16,19)20/h6-10,12,16H,2-5,11,13H2,1H3/b12-6+. The number of hydrogen-bond donors (Lipinski definition) is 0. The smallest absolute Gasteiger partial charge is 0.330 e. The molecule has 1 unspecified atom stereocenters. The van der Waals surface area contributed by atoms with Crippen molar-refractivity contribution in [1.29, 1.82) is 0 Å². The lowest BCUT2D eigenvalue weighted by Gasteiger charge is -2.10. The Bertz CT molecular complexity index is 646. The number of carbonyl (C=O) groups excluding carboxylic acids is 1. The van der Waals surface area contributed by atoms with Crippen molar-refractivity contribution in [2.75, 3.05) is 6.61 Å². The molecular formula is C17H22O4S. The Morgan fingerprint density at radius 2 is 2.09 bits per heavy atom. The molecule has 0 N–H and O–H groups in total. The molecule has 5 heteroatoms. The van der Waals surface area contributed by atoms with Crippen molar-refractivity contribution < 1.29 is 17.9 Å². The Kier molecular flexibility index (Phi) is 5.77. The van der Waals surface area contributed by atoms with Crippen LogP contribution in [0.15, 0.2) is 36.4 Å². The van der Waals surface area contributed by atoms with Crippen LogP contribution in [0.1, 0.15) is 49.0 Å². The van der Waals surface area contributed by atoms with Gasteiger partial charge in [-0.1, -0.05) is 36.8 Å². The summed E-state index contributed by atoms with van der Waals surface area (Å²) < 4.78 is 29.2. The molecule has 4 nitrogen and oxygen atoms in total. The average molecular weight is 322 g/mol. The zero-order valence-corrected chi connectivity index (χ0v) is 13.6. The number of sulfone groups is 1. The maximum atomic E-state index is 12.2. The van der Waals surface area contributed by atoms with Crippen LogP contribution < -0.4 is 0 Å².